The summed E-state index contributed by atoms with van der Waals surface area (Å²) in [4.78, 5) is 32.3. The number of benzene rings is 1. The van der Waals surface area contributed by atoms with Gasteiger partial charge >= 0.3 is 12.0 Å². The Morgan fingerprint density at radius 3 is 2.28 bits per heavy atom. The van der Waals surface area contributed by atoms with Gasteiger partial charge in [-0.15, -0.1) is 0 Å². The van der Waals surface area contributed by atoms with Gasteiger partial charge < -0.3 is 21.5 Å². The van der Waals surface area contributed by atoms with Crippen molar-refractivity contribution in [2.24, 2.45) is 5.73 Å². The summed E-state index contributed by atoms with van der Waals surface area (Å²) in [6, 6.07) is 5.50. The van der Waals surface area contributed by atoms with E-state index in [-0.39, 0.29) is 13.0 Å². The molecule has 1 aromatic carbocycles. The van der Waals surface area contributed by atoms with Gasteiger partial charge in [0.25, 0.3) is 0 Å². The average molecular weight is 251 g/mol. The fourth-order valence-corrected chi connectivity index (χ4v) is 1.18. The van der Waals surface area contributed by atoms with Crippen LogP contribution in [0.3, 0.4) is 0 Å². The Bertz CT molecular complexity index is 456. The van der Waals surface area contributed by atoms with Crippen LogP contribution in [0.25, 0.3) is 0 Å². The zero-order valence-corrected chi connectivity index (χ0v) is 9.47. The first-order valence-corrected chi connectivity index (χ1v) is 5.15. The maximum Gasteiger partial charge on any atom is 0.319 e. The van der Waals surface area contributed by atoms with Crippen LogP contribution in [0, 0.1) is 0 Å². The molecule has 0 atom stereocenters. The van der Waals surface area contributed by atoms with Crippen LogP contribution < -0.4 is 16.4 Å². The van der Waals surface area contributed by atoms with E-state index < -0.39 is 17.9 Å². The maximum absolute atomic E-state index is 11.3. The van der Waals surface area contributed by atoms with E-state index in [1.807, 2.05) is 0 Å². The Morgan fingerprint density at radius 2 is 1.78 bits per heavy atom. The molecule has 0 aromatic heterocycles. The summed E-state index contributed by atoms with van der Waals surface area (Å²) in [6.45, 7) is 0.0422. The van der Waals surface area contributed by atoms with Gasteiger partial charge in [0.2, 0.25) is 5.91 Å². The average Bonchev–Trinajstić information content (AvgIpc) is 2.29. The second kappa shape index (κ2) is 6.24. The Labute approximate surface area is 103 Å². The summed E-state index contributed by atoms with van der Waals surface area (Å²) in [6.07, 6.45) is -0.145. The number of primary amides is 1. The van der Waals surface area contributed by atoms with Gasteiger partial charge in [0.15, 0.2) is 0 Å². The molecule has 7 heteroatoms. The van der Waals surface area contributed by atoms with Gasteiger partial charge in [0.05, 0.1) is 6.42 Å². The summed E-state index contributed by atoms with van der Waals surface area (Å²) in [5, 5.41) is 13.2. The molecule has 18 heavy (non-hydrogen) atoms. The fourth-order valence-electron chi connectivity index (χ4n) is 1.18. The number of hydrogen-bond acceptors (Lipinski definition) is 3. The van der Waals surface area contributed by atoms with E-state index >= 15 is 0 Å². The number of amides is 3. The van der Waals surface area contributed by atoms with Crippen molar-refractivity contribution in [2.45, 2.75) is 6.42 Å². The molecule has 0 heterocycles. The predicted molar refractivity (Wildman–Crippen MR) is 64.2 cm³/mol. The van der Waals surface area contributed by atoms with Crippen molar-refractivity contribution in [3.63, 3.8) is 0 Å². The van der Waals surface area contributed by atoms with Gasteiger partial charge in [-0.25, -0.2) is 4.79 Å². The van der Waals surface area contributed by atoms with Crippen molar-refractivity contribution >= 4 is 23.6 Å². The van der Waals surface area contributed by atoms with Crippen molar-refractivity contribution in [2.75, 3.05) is 11.9 Å². The molecule has 0 bridgehead atoms. The first kappa shape index (κ1) is 13.5. The molecule has 3 amide bonds. The smallest absolute Gasteiger partial charge is 0.319 e. The molecule has 0 fully saturated rings. The highest BCUT2D eigenvalue weighted by Gasteiger charge is 2.04. The number of carbonyl (C=O) groups is 3. The standard InChI is InChI=1S/C11H13N3O4/c12-10(17)7-1-3-8(4-2-7)14-11(18)13-6-5-9(15)16/h1-4H,5-6H2,(H2,12,17)(H,15,16)(H2,13,14,18). The van der Waals surface area contributed by atoms with E-state index in [2.05, 4.69) is 10.6 Å². The minimum atomic E-state index is -0.985. The number of hydrogen-bond donors (Lipinski definition) is 4. The number of carboxylic acid groups (broad SMARTS) is 1. The summed E-state index contributed by atoms with van der Waals surface area (Å²) < 4.78 is 0. The molecule has 0 aliphatic heterocycles. The van der Waals surface area contributed by atoms with Crippen molar-refractivity contribution in [1.82, 2.24) is 5.32 Å². The Hall–Kier alpha value is -2.57. The van der Waals surface area contributed by atoms with E-state index in [1.54, 1.807) is 0 Å². The molecule has 1 rings (SSSR count). The minimum Gasteiger partial charge on any atom is -0.481 e. The topological polar surface area (TPSA) is 122 Å². The van der Waals surface area contributed by atoms with Crippen molar-refractivity contribution in [1.29, 1.82) is 0 Å². The number of rotatable bonds is 5. The molecule has 5 N–H and O–H groups in total. The lowest BCUT2D eigenvalue weighted by atomic mass is 10.2. The second-order valence-electron chi connectivity index (χ2n) is 3.47. The molecule has 0 unspecified atom stereocenters. The van der Waals surface area contributed by atoms with Gasteiger partial charge in [0, 0.05) is 17.8 Å². The predicted octanol–water partition coefficient (Wildman–Crippen LogP) is 0.382. The second-order valence-corrected chi connectivity index (χ2v) is 3.47. The first-order valence-electron chi connectivity index (χ1n) is 5.15. The van der Waals surface area contributed by atoms with Crippen LogP contribution in [0.2, 0.25) is 0 Å². The van der Waals surface area contributed by atoms with Crippen LogP contribution in [0.5, 0.6) is 0 Å². The van der Waals surface area contributed by atoms with E-state index in [0.717, 1.165) is 0 Å². The summed E-state index contributed by atoms with van der Waals surface area (Å²) in [7, 11) is 0. The van der Waals surface area contributed by atoms with Crippen LogP contribution in [0.4, 0.5) is 10.5 Å². The van der Waals surface area contributed by atoms with E-state index in [1.165, 1.54) is 24.3 Å². The third kappa shape index (κ3) is 4.52. The lowest BCUT2D eigenvalue weighted by Crippen LogP contribution is -2.30. The number of urea groups is 1. The molecular formula is C11H13N3O4. The fraction of sp³-hybridized carbons (Fsp3) is 0.182. The zero-order valence-electron chi connectivity index (χ0n) is 9.47. The minimum absolute atomic E-state index is 0.0422. The molecule has 1 aromatic rings. The van der Waals surface area contributed by atoms with Crippen LogP contribution in [0.15, 0.2) is 24.3 Å². The van der Waals surface area contributed by atoms with Gasteiger partial charge in [-0.2, -0.15) is 0 Å². The molecule has 0 aliphatic carbocycles. The van der Waals surface area contributed by atoms with Crippen molar-refractivity contribution in [3.05, 3.63) is 29.8 Å². The molecule has 0 spiro atoms. The summed E-state index contributed by atoms with van der Waals surface area (Å²) in [5.74, 6) is -1.53. The van der Waals surface area contributed by atoms with Crippen LogP contribution >= 0.6 is 0 Å². The normalized spacial score (nSPS) is 9.56. The highest BCUT2D eigenvalue weighted by atomic mass is 16.4. The molecule has 0 aliphatic rings. The number of nitrogens with one attached hydrogen (secondary N) is 2. The third-order valence-corrected chi connectivity index (χ3v) is 2.05. The van der Waals surface area contributed by atoms with E-state index in [4.69, 9.17) is 10.8 Å². The van der Waals surface area contributed by atoms with Crippen LogP contribution in [-0.4, -0.2) is 29.6 Å². The van der Waals surface area contributed by atoms with Crippen molar-refractivity contribution in [3.8, 4) is 0 Å². The van der Waals surface area contributed by atoms with Gasteiger partial charge in [-0.3, -0.25) is 9.59 Å². The van der Waals surface area contributed by atoms with Crippen LogP contribution in [-0.2, 0) is 4.79 Å². The number of anilines is 1. The maximum atomic E-state index is 11.3. The lowest BCUT2D eigenvalue weighted by molar-refractivity contribution is -0.136. The Kier molecular flexibility index (Phi) is 4.67. The van der Waals surface area contributed by atoms with E-state index in [0.29, 0.717) is 11.3 Å². The molecule has 0 saturated heterocycles. The number of carbonyl (C=O) groups excluding carboxylic acids is 2. The molecule has 0 saturated carbocycles. The summed E-state index contributed by atoms with van der Waals surface area (Å²) in [5.41, 5.74) is 5.88. The van der Waals surface area contributed by atoms with Gasteiger partial charge in [-0.1, -0.05) is 0 Å². The van der Waals surface area contributed by atoms with Gasteiger partial charge in [0.1, 0.15) is 0 Å². The van der Waals surface area contributed by atoms with E-state index in [9.17, 15) is 14.4 Å². The zero-order chi connectivity index (χ0) is 13.5. The lowest BCUT2D eigenvalue weighted by Gasteiger charge is -2.06. The van der Waals surface area contributed by atoms with Crippen molar-refractivity contribution < 1.29 is 19.5 Å². The largest absolute Gasteiger partial charge is 0.481 e. The number of aliphatic carboxylic acids is 1. The number of nitrogens with two attached hydrogens (primary N) is 1. The molecule has 0 radical (unpaired) electrons. The highest BCUT2D eigenvalue weighted by Crippen LogP contribution is 2.08. The highest BCUT2D eigenvalue weighted by molar-refractivity contribution is 5.94. The summed E-state index contributed by atoms with van der Waals surface area (Å²) >= 11 is 0. The molecular weight excluding hydrogens is 238 g/mol. The SMILES string of the molecule is NC(=O)c1ccc(NC(=O)NCCC(=O)O)cc1. The quantitative estimate of drug-likeness (QED) is 0.604. The molecule has 96 valence electrons. The Balaban J connectivity index is 2.44. The third-order valence-electron chi connectivity index (χ3n) is 2.05. The Morgan fingerprint density at radius 1 is 1.17 bits per heavy atom. The molecule has 7 nitrogen and oxygen atoms in total. The monoisotopic (exact) mass is 251 g/mol. The number of carboxylic acids is 1. The first-order chi connectivity index (χ1) is 8.49. The van der Waals surface area contributed by atoms with Crippen LogP contribution in [0.1, 0.15) is 16.8 Å². The van der Waals surface area contributed by atoms with Gasteiger partial charge in [-0.05, 0) is 24.3 Å².